The third-order valence-corrected chi connectivity index (χ3v) is 4.53. The summed E-state index contributed by atoms with van der Waals surface area (Å²) in [5.41, 5.74) is 0.920. The first-order valence-electron chi connectivity index (χ1n) is 7.86. The van der Waals surface area contributed by atoms with Crippen molar-refractivity contribution >= 4 is 23.3 Å². The van der Waals surface area contributed by atoms with E-state index in [1.54, 1.807) is 18.3 Å². The van der Waals surface area contributed by atoms with Gasteiger partial charge in [0.1, 0.15) is 11.6 Å². The van der Waals surface area contributed by atoms with Crippen molar-refractivity contribution < 1.29 is 9.53 Å². The molecule has 1 aromatic heterocycles. The molecule has 1 fully saturated rings. The van der Waals surface area contributed by atoms with Crippen molar-refractivity contribution in [3.63, 3.8) is 0 Å². The predicted octanol–water partition coefficient (Wildman–Crippen LogP) is 3.98. The predicted molar refractivity (Wildman–Crippen MR) is 90.0 cm³/mol. The maximum absolute atomic E-state index is 12.1. The molecule has 1 amide bonds. The van der Waals surface area contributed by atoms with Gasteiger partial charge in [-0.05, 0) is 43.5 Å². The number of carbonyl (C=O) groups excluding carboxylic acids is 1. The van der Waals surface area contributed by atoms with E-state index in [1.807, 2.05) is 23.7 Å². The van der Waals surface area contributed by atoms with Crippen LogP contribution in [0.3, 0.4) is 0 Å². The first-order valence-corrected chi connectivity index (χ1v) is 8.23. The fourth-order valence-electron chi connectivity index (χ4n) is 2.89. The number of amides is 1. The summed E-state index contributed by atoms with van der Waals surface area (Å²) in [5, 5.41) is 7.89. The van der Waals surface area contributed by atoms with Crippen LogP contribution in [0.25, 0.3) is 0 Å². The van der Waals surface area contributed by atoms with Crippen molar-refractivity contribution in [1.29, 1.82) is 0 Å². The minimum atomic E-state index is -0.197. The zero-order valence-electron chi connectivity index (χ0n) is 13.1. The zero-order chi connectivity index (χ0) is 16.2. The number of ether oxygens (including phenoxy) is 1. The molecule has 2 aromatic rings. The second-order valence-electron chi connectivity index (χ2n) is 5.85. The Balaban J connectivity index is 1.57. The van der Waals surface area contributed by atoms with Gasteiger partial charge in [0.2, 0.25) is 0 Å². The lowest BCUT2D eigenvalue weighted by Crippen LogP contribution is -2.23. The van der Waals surface area contributed by atoms with Gasteiger partial charge in [0.15, 0.2) is 6.61 Å². The molecule has 0 unspecified atom stereocenters. The van der Waals surface area contributed by atoms with Gasteiger partial charge in [-0.25, -0.2) is 4.68 Å². The molecule has 0 bridgehead atoms. The number of anilines is 1. The van der Waals surface area contributed by atoms with Crippen LogP contribution >= 0.6 is 11.6 Å². The van der Waals surface area contributed by atoms with E-state index in [-0.39, 0.29) is 12.5 Å². The maximum Gasteiger partial charge on any atom is 0.263 e. The Morgan fingerprint density at radius 2 is 2.17 bits per heavy atom. The second-order valence-corrected chi connectivity index (χ2v) is 6.25. The van der Waals surface area contributed by atoms with E-state index in [1.165, 1.54) is 12.8 Å². The average molecular weight is 334 g/mol. The Morgan fingerprint density at radius 1 is 1.39 bits per heavy atom. The summed E-state index contributed by atoms with van der Waals surface area (Å²) < 4.78 is 7.43. The summed E-state index contributed by atoms with van der Waals surface area (Å²) in [7, 11) is 0. The van der Waals surface area contributed by atoms with Gasteiger partial charge in [-0.1, -0.05) is 24.4 Å². The third kappa shape index (κ3) is 3.85. The standard InChI is InChI=1S/C17H20ClN3O2/c1-12-10-14(6-7-15(12)18)23-11-17(22)20-16-8-9-19-21(16)13-4-2-3-5-13/h6-10,13H,2-5,11H2,1H3,(H,20,22). The molecule has 23 heavy (non-hydrogen) atoms. The van der Waals surface area contributed by atoms with E-state index in [0.29, 0.717) is 16.8 Å². The van der Waals surface area contributed by atoms with Crippen molar-refractivity contribution in [2.24, 2.45) is 0 Å². The summed E-state index contributed by atoms with van der Waals surface area (Å²) in [6.45, 7) is 1.85. The number of nitrogens with zero attached hydrogens (tertiary/aromatic N) is 2. The Morgan fingerprint density at radius 3 is 2.91 bits per heavy atom. The number of carbonyl (C=O) groups is 1. The van der Waals surface area contributed by atoms with Crippen LogP contribution in [-0.2, 0) is 4.79 Å². The highest BCUT2D eigenvalue weighted by Crippen LogP contribution is 2.31. The van der Waals surface area contributed by atoms with Crippen molar-refractivity contribution in [2.45, 2.75) is 38.6 Å². The van der Waals surface area contributed by atoms with E-state index < -0.39 is 0 Å². The molecule has 0 atom stereocenters. The highest BCUT2D eigenvalue weighted by Gasteiger charge is 2.20. The molecule has 1 aromatic carbocycles. The van der Waals surface area contributed by atoms with E-state index in [2.05, 4.69) is 10.4 Å². The summed E-state index contributed by atoms with van der Waals surface area (Å²) >= 11 is 5.97. The van der Waals surface area contributed by atoms with E-state index in [4.69, 9.17) is 16.3 Å². The molecule has 0 radical (unpaired) electrons. The number of nitrogens with one attached hydrogen (secondary N) is 1. The minimum Gasteiger partial charge on any atom is -0.484 e. The smallest absolute Gasteiger partial charge is 0.263 e. The lowest BCUT2D eigenvalue weighted by atomic mass is 10.2. The number of aryl methyl sites for hydroxylation is 1. The lowest BCUT2D eigenvalue weighted by Gasteiger charge is -2.15. The highest BCUT2D eigenvalue weighted by atomic mass is 35.5. The van der Waals surface area contributed by atoms with Crippen LogP contribution in [-0.4, -0.2) is 22.3 Å². The quantitative estimate of drug-likeness (QED) is 0.900. The Hall–Kier alpha value is -2.01. The molecular formula is C17H20ClN3O2. The van der Waals surface area contributed by atoms with Crippen LogP contribution in [0.1, 0.15) is 37.3 Å². The molecular weight excluding hydrogens is 314 g/mol. The second kappa shape index (κ2) is 7.04. The highest BCUT2D eigenvalue weighted by molar-refractivity contribution is 6.31. The number of hydrogen-bond donors (Lipinski definition) is 1. The summed E-state index contributed by atoms with van der Waals surface area (Å²) in [6, 6.07) is 7.55. The fourth-order valence-corrected chi connectivity index (χ4v) is 3.01. The molecule has 1 N–H and O–H groups in total. The van der Waals surface area contributed by atoms with Crippen LogP contribution in [0.5, 0.6) is 5.75 Å². The third-order valence-electron chi connectivity index (χ3n) is 4.11. The molecule has 1 aliphatic rings. The normalized spacial score (nSPS) is 14.9. The monoisotopic (exact) mass is 333 g/mol. The number of halogens is 1. The molecule has 1 heterocycles. The molecule has 5 nitrogen and oxygen atoms in total. The van der Waals surface area contributed by atoms with Crippen LogP contribution in [0.15, 0.2) is 30.5 Å². The Kier molecular flexibility index (Phi) is 4.86. The van der Waals surface area contributed by atoms with Crippen molar-refractivity contribution in [3.05, 3.63) is 41.0 Å². The van der Waals surface area contributed by atoms with Crippen LogP contribution in [0, 0.1) is 6.92 Å². The fraction of sp³-hybridized carbons (Fsp3) is 0.412. The average Bonchev–Trinajstić information content (AvgIpc) is 3.19. The van der Waals surface area contributed by atoms with Crippen LogP contribution in [0.2, 0.25) is 5.02 Å². The van der Waals surface area contributed by atoms with Gasteiger partial charge < -0.3 is 10.1 Å². The molecule has 0 saturated heterocycles. The van der Waals surface area contributed by atoms with Crippen LogP contribution < -0.4 is 10.1 Å². The number of rotatable bonds is 5. The van der Waals surface area contributed by atoms with Crippen molar-refractivity contribution in [1.82, 2.24) is 9.78 Å². The van der Waals surface area contributed by atoms with Gasteiger partial charge in [-0.2, -0.15) is 5.10 Å². The molecule has 0 aliphatic heterocycles. The first-order chi connectivity index (χ1) is 11.1. The van der Waals surface area contributed by atoms with Gasteiger partial charge in [0.25, 0.3) is 5.91 Å². The van der Waals surface area contributed by atoms with E-state index in [9.17, 15) is 4.79 Å². The lowest BCUT2D eigenvalue weighted by molar-refractivity contribution is -0.118. The Labute approximate surface area is 140 Å². The first kappa shape index (κ1) is 15.9. The largest absolute Gasteiger partial charge is 0.484 e. The van der Waals surface area contributed by atoms with Crippen molar-refractivity contribution in [2.75, 3.05) is 11.9 Å². The summed E-state index contributed by atoms with van der Waals surface area (Å²) in [6.07, 6.45) is 6.39. The number of benzene rings is 1. The van der Waals surface area contributed by atoms with Gasteiger partial charge in [0, 0.05) is 11.1 Å². The minimum absolute atomic E-state index is 0.0447. The van der Waals surface area contributed by atoms with Gasteiger partial charge >= 0.3 is 0 Å². The molecule has 6 heteroatoms. The molecule has 3 rings (SSSR count). The summed E-state index contributed by atoms with van der Waals surface area (Å²) in [4.78, 5) is 12.1. The van der Waals surface area contributed by atoms with Gasteiger partial charge in [0.05, 0.1) is 12.2 Å². The van der Waals surface area contributed by atoms with Crippen LogP contribution in [0.4, 0.5) is 5.82 Å². The number of aromatic nitrogens is 2. The molecule has 1 aliphatic carbocycles. The van der Waals surface area contributed by atoms with E-state index in [0.717, 1.165) is 24.2 Å². The molecule has 1 saturated carbocycles. The van der Waals surface area contributed by atoms with E-state index >= 15 is 0 Å². The number of hydrogen-bond acceptors (Lipinski definition) is 3. The Bertz CT molecular complexity index is 693. The SMILES string of the molecule is Cc1cc(OCC(=O)Nc2ccnn2C2CCCC2)ccc1Cl. The topological polar surface area (TPSA) is 56.1 Å². The van der Waals surface area contributed by atoms with Crippen molar-refractivity contribution in [3.8, 4) is 5.75 Å². The molecule has 122 valence electrons. The zero-order valence-corrected chi connectivity index (χ0v) is 13.8. The van der Waals surface area contributed by atoms with Gasteiger partial charge in [-0.3, -0.25) is 4.79 Å². The summed E-state index contributed by atoms with van der Waals surface area (Å²) in [5.74, 6) is 1.17. The molecule has 0 spiro atoms. The maximum atomic E-state index is 12.1. The van der Waals surface area contributed by atoms with Gasteiger partial charge in [-0.15, -0.1) is 0 Å².